The molecule has 7 heteroatoms. The summed E-state index contributed by atoms with van der Waals surface area (Å²) >= 11 is 0. The van der Waals surface area contributed by atoms with E-state index in [0.29, 0.717) is 12.0 Å². The van der Waals surface area contributed by atoms with Gasteiger partial charge >= 0.3 is 0 Å². The monoisotopic (exact) mass is 401 g/mol. The zero-order valence-corrected chi connectivity index (χ0v) is 17.7. The molecule has 3 N–H and O–H groups in total. The van der Waals surface area contributed by atoms with E-state index >= 15 is 0 Å². The summed E-state index contributed by atoms with van der Waals surface area (Å²) < 4.78 is 5.31. The zero-order valence-electron chi connectivity index (χ0n) is 17.7. The number of benzene rings is 1. The van der Waals surface area contributed by atoms with Gasteiger partial charge < -0.3 is 20.7 Å². The molecule has 1 heterocycles. The van der Waals surface area contributed by atoms with E-state index in [1.807, 2.05) is 19.1 Å². The summed E-state index contributed by atoms with van der Waals surface area (Å²) in [5, 5.41) is 9.69. The summed E-state index contributed by atoms with van der Waals surface area (Å²) in [5.41, 5.74) is 1.27. The van der Waals surface area contributed by atoms with Crippen LogP contribution in [0.2, 0.25) is 0 Å². The average Bonchev–Trinajstić information content (AvgIpc) is 3.57. The molecule has 1 atom stereocenters. The van der Waals surface area contributed by atoms with Crippen LogP contribution in [0.15, 0.2) is 29.3 Å². The fourth-order valence-corrected chi connectivity index (χ4v) is 3.70. The van der Waals surface area contributed by atoms with Crippen LogP contribution in [0.1, 0.15) is 50.6 Å². The topological polar surface area (TPSA) is 78.0 Å². The minimum absolute atomic E-state index is 0.00700. The molecule has 0 aromatic heterocycles. The minimum Gasteiger partial charge on any atom is -0.497 e. The van der Waals surface area contributed by atoms with Crippen molar-refractivity contribution in [1.29, 1.82) is 0 Å². The average molecular weight is 402 g/mol. The van der Waals surface area contributed by atoms with Gasteiger partial charge in [0, 0.05) is 19.1 Å². The highest BCUT2D eigenvalue weighted by molar-refractivity contribution is 5.85. The highest BCUT2D eigenvalue weighted by Gasteiger charge is 2.24. The van der Waals surface area contributed by atoms with Crippen molar-refractivity contribution in [3.63, 3.8) is 0 Å². The van der Waals surface area contributed by atoms with Gasteiger partial charge in [-0.15, -0.1) is 0 Å². The standard InChI is InChI=1S/C22H35N5O2/c1-3-23-22(25-16-21(28)26-18-9-10-18)24-15-20(27-13-5-4-6-14-27)17-7-11-19(29-2)12-8-17/h7-8,11-12,18,20H,3-6,9-10,13-16H2,1-2H3,(H,26,28)(H2,23,24,25). The van der Waals surface area contributed by atoms with Crippen LogP contribution in [0.4, 0.5) is 0 Å². The third kappa shape index (κ3) is 6.92. The smallest absolute Gasteiger partial charge is 0.242 e. The van der Waals surface area contributed by atoms with E-state index in [0.717, 1.165) is 44.8 Å². The number of amides is 1. The minimum atomic E-state index is -0.00700. The largest absolute Gasteiger partial charge is 0.497 e. The lowest BCUT2D eigenvalue weighted by molar-refractivity contribution is -0.119. The summed E-state index contributed by atoms with van der Waals surface area (Å²) in [6.07, 6.45) is 5.96. The summed E-state index contributed by atoms with van der Waals surface area (Å²) in [7, 11) is 1.69. The van der Waals surface area contributed by atoms with Gasteiger partial charge in [-0.05, 0) is 63.4 Å². The fraction of sp³-hybridized carbons (Fsp3) is 0.636. The number of piperidine rings is 1. The summed E-state index contributed by atoms with van der Waals surface area (Å²) in [4.78, 5) is 19.0. The predicted octanol–water partition coefficient (Wildman–Crippen LogP) is 2.06. The summed E-state index contributed by atoms with van der Waals surface area (Å²) in [6.45, 7) is 5.90. The molecule has 1 aliphatic heterocycles. The van der Waals surface area contributed by atoms with Gasteiger partial charge in [-0.2, -0.15) is 0 Å². The van der Waals surface area contributed by atoms with Crippen molar-refractivity contribution in [2.45, 2.75) is 51.1 Å². The number of likely N-dealkylation sites (tertiary alicyclic amines) is 1. The van der Waals surface area contributed by atoms with E-state index in [1.54, 1.807) is 7.11 Å². The molecule has 29 heavy (non-hydrogen) atoms. The molecular weight excluding hydrogens is 366 g/mol. The van der Waals surface area contributed by atoms with Crippen LogP contribution in [-0.2, 0) is 4.79 Å². The number of methoxy groups -OCH3 is 1. The van der Waals surface area contributed by atoms with Crippen molar-refractivity contribution >= 4 is 11.9 Å². The molecule has 0 radical (unpaired) electrons. The van der Waals surface area contributed by atoms with Gasteiger partial charge in [-0.25, -0.2) is 4.99 Å². The lowest BCUT2D eigenvalue weighted by atomic mass is 10.0. The Morgan fingerprint density at radius 2 is 1.90 bits per heavy atom. The van der Waals surface area contributed by atoms with Gasteiger partial charge in [-0.3, -0.25) is 9.69 Å². The predicted molar refractivity (Wildman–Crippen MR) is 116 cm³/mol. The van der Waals surface area contributed by atoms with Crippen LogP contribution in [-0.4, -0.2) is 62.6 Å². The summed E-state index contributed by atoms with van der Waals surface area (Å²) in [6, 6.07) is 8.96. The second-order valence-electron chi connectivity index (χ2n) is 7.80. The van der Waals surface area contributed by atoms with E-state index in [4.69, 9.17) is 4.74 Å². The van der Waals surface area contributed by atoms with Gasteiger partial charge in [0.15, 0.2) is 5.96 Å². The highest BCUT2D eigenvalue weighted by atomic mass is 16.5. The normalized spacial score (nSPS) is 18.8. The second-order valence-corrected chi connectivity index (χ2v) is 7.80. The molecule has 0 spiro atoms. The number of ether oxygens (including phenoxy) is 1. The van der Waals surface area contributed by atoms with Gasteiger partial charge in [0.1, 0.15) is 12.3 Å². The Balaban J connectivity index is 1.64. The van der Waals surface area contributed by atoms with E-state index in [-0.39, 0.29) is 18.5 Å². The number of carbonyl (C=O) groups is 1. The first-order valence-electron chi connectivity index (χ1n) is 10.9. The zero-order chi connectivity index (χ0) is 20.5. The molecule has 1 saturated carbocycles. The maximum atomic E-state index is 12.0. The Morgan fingerprint density at radius 1 is 1.17 bits per heavy atom. The second kappa shape index (κ2) is 11.0. The van der Waals surface area contributed by atoms with Crippen molar-refractivity contribution in [2.24, 2.45) is 4.99 Å². The molecule has 3 rings (SSSR count). The van der Waals surface area contributed by atoms with E-state index < -0.39 is 0 Å². The first-order chi connectivity index (χ1) is 14.2. The number of nitrogens with one attached hydrogen (secondary N) is 3. The number of hydrogen-bond acceptors (Lipinski definition) is 4. The van der Waals surface area contributed by atoms with Crippen LogP contribution in [0.3, 0.4) is 0 Å². The summed E-state index contributed by atoms with van der Waals surface area (Å²) in [5.74, 6) is 1.55. The fourth-order valence-electron chi connectivity index (χ4n) is 3.70. The molecule has 1 amide bonds. The van der Waals surface area contributed by atoms with Crippen molar-refractivity contribution in [1.82, 2.24) is 20.9 Å². The van der Waals surface area contributed by atoms with Crippen molar-refractivity contribution in [2.75, 3.05) is 39.8 Å². The molecule has 2 aliphatic rings. The number of aliphatic imine (C=N–C) groups is 1. The van der Waals surface area contributed by atoms with Crippen LogP contribution in [0, 0.1) is 0 Å². The van der Waals surface area contributed by atoms with Gasteiger partial charge in [0.05, 0.1) is 13.2 Å². The Morgan fingerprint density at radius 3 is 2.52 bits per heavy atom. The van der Waals surface area contributed by atoms with Crippen LogP contribution >= 0.6 is 0 Å². The molecule has 1 aliphatic carbocycles. The molecule has 7 nitrogen and oxygen atoms in total. The number of rotatable bonds is 9. The van der Waals surface area contributed by atoms with Crippen LogP contribution < -0.4 is 20.7 Å². The van der Waals surface area contributed by atoms with Gasteiger partial charge in [0.25, 0.3) is 0 Å². The Bertz CT molecular complexity index is 666. The lowest BCUT2D eigenvalue weighted by Crippen LogP contribution is -2.45. The number of carbonyl (C=O) groups excluding carboxylic acids is 1. The number of guanidine groups is 1. The molecule has 1 aromatic rings. The molecular formula is C22H35N5O2. The van der Waals surface area contributed by atoms with Crippen LogP contribution in [0.25, 0.3) is 0 Å². The van der Waals surface area contributed by atoms with Gasteiger partial charge in [0.2, 0.25) is 5.91 Å². The quantitative estimate of drug-likeness (QED) is 0.436. The lowest BCUT2D eigenvalue weighted by Gasteiger charge is -2.35. The van der Waals surface area contributed by atoms with E-state index in [1.165, 1.54) is 24.8 Å². The Labute approximate surface area is 174 Å². The molecule has 2 fully saturated rings. The third-order valence-electron chi connectivity index (χ3n) is 5.46. The maximum absolute atomic E-state index is 12.0. The SMILES string of the molecule is CCNC(=NCC(=O)NC1CC1)NCC(c1ccc(OC)cc1)N1CCCCC1. The van der Waals surface area contributed by atoms with Crippen molar-refractivity contribution in [3.8, 4) is 5.75 Å². The highest BCUT2D eigenvalue weighted by Crippen LogP contribution is 2.25. The number of nitrogens with zero attached hydrogens (tertiary/aromatic N) is 2. The Hall–Kier alpha value is -2.28. The molecule has 160 valence electrons. The van der Waals surface area contributed by atoms with Crippen molar-refractivity contribution in [3.05, 3.63) is 29.8 Å². The molecule has 1 saturated heterocycles. The molecule has 1 unspecified atom stereocenters. The van der Waals surface area contributed by atoms with Crippen molar-refractivity contribution < 1.29 is 9.53 Å². The van der Waals surface area contributed by atoms with E-state index in [9.17, 15) is 4.79 Å². The van der Waals surface area contributed by atoms with E-state index in [2.05, 4.69) is 38.0 Å². The first-order valence-corrected chi connectivity index (χ1v) is 10.9. The molecule has 1 aromatic carbocycles. The first kappa shape index (κ1) is 21.4. The van der Waals surface area contributed by atoms with Crippen LogP contribution in [0.5, 0.6) is 5.75 Å². The third-order valence-corrected chi connectivity index (χ3v) is 5.46. The maximum Gasteiger partial charge on any atom is 0.242 e. The Kier molecular flexibility index (Phi) is 8.16. The molecule has 0 bridgehead atoms. The van der Waals surface area contributed by atoms with Gasteiger partial charge in [-0.1, -0.05) is 18.6 Å². The number of hydrogen-bond donors (Lipinski definition) is 3.